The Kier molecular flexibility index (Phi) is 3.41. The van der Waals surface area contributed by atoms with Crippen LogP contribution in [0, 0.1) is 0 Å². The lowest BCUT2D eigenvalue weighted by atomic mass is 10.0. The number of nitrogens with zero attached hydrogens (tertiary/aromatic N) is 2. The van der Waals surface area contributed by atoms with Crippen molar-refractivity contribution < 1.29 is 0 Å². The number of hydrogen-bond donors (Lipinski definition) is 0. The van der Waals surface area contributed by atoms with Gasteiger partial charge < -0.3 is 9.80 Å². The van der Waals surface area contributed by atoms with Gasteiger partial charge in [-0.25, -0.2) is 0 Å². The predicted octanol–water partition coefficient (Wildman–Crippen LogP) is 5.82. The fourth-order valence-corrected chi connectivity index (χ4v) is 5.20. The number of benzene rings is 2. The molecule has 0 N–H and O–H groups in total. The first-order chi connectivity index (χ1) is 10.0. The molecule has 2 heterocycles. The van der Waals surface area contributed by atoms with E-state index in [2.05, 4.69) is 53.8 Å². The fraction of sp³-hybridized carbons (Fsp3) is 0.200. The van der Waals surface area contributed by atoms with Crippen molar-refractivity contribution in [3.63, 3.8) is 0 Å². The maximum absolute atomic E-state index is 6.46. The van der Waals surface area contributed by atoms with E-state index in [4.69, 9.17) is 23.2 Å². The van der Waals surface area contributed by atoms with E-state index in [1.54, 1.807) is 0 Å². The number of fused-ring (bicyclic) bond motifs is 6. The summed E-state index contributed by atoms with van der Waals surface area (Å²) in [4.78, 5) is 4.61. The molecule has 0 atom stereocenters. The Balaban J connectivity index is 1.89. The van der Waals surface area contributed by atoms with E-state index in [0.717, 1.165) is 50.1 Å². The number of hydrogen-bond acceptors (Lipinski definition) is 2. The zero-order chi connectivity index (χ0) is 14.7. The lowest BCUT2D eigenvalue weighted by Crippen LogP contribution is -2.46. The van der Waals surface area contributed by atoms with Crippen molar-refractivity contribution >= 4 is 66.4 Å². The van der Waals surface area contributed by atoms with Crippen LogP contribution < -0.4 is 9.80 Å². The van der Waals surface area contributed by atoms with Crippen LogP contribution in [0.1, 0.15) is 11.1 Å². The van der Waals surface area contributed by atoms with E-state index in [1.807, 2.05) is 12.1 Å². The third-order valence-corrected chi connectivity index (χ3v) is 5.40. The topological polar surface area (TPSA) is 6.48 Å². The average Bonchev–Trinajstić information content (AvgIpc) is 2.35. The third-order valence-electron chi connectivity index (χ3n) is 3.91. The van der Waals surface area contributed by atoms with Gasteiger partial charge in [-0.1, -0.05) is 55.1 Å². The Morgan fingerprint density at radius 1 is 0.762 bits per heavy atom. The average molecular weight is 449 g/mol. The standard InChI is InChI=1S/C15H10Br2Cl2N2/c16-10-1-8-5-20-7-21(14(8)12(18)3-10)6-9-2-11(17)4-13(19)15(9)20/h1-4H,5-7H2. The molecule has 0 fully saturated rings. The molecule has 0 spiro atoms. The highest BCUT2D eigenvalue weighted by atomic mass is 79.9. The summed E-state index contributed by atoms with van der Waals surface area (Å²) in [5.74, 6) is 0. The first-order valence-corrected chi connectivity index (χ1v) is 8.83. The number of anilines is 2. The lowest BCUT2D eigenvalue weighted by Gasteiger charge is -2.45. The molecule has 21 heavy (non-hydrogen) atoms. The fourth-order valence-electron chi connectivity index (χ4n) is 3.20. The van der Waals surface area contributed by atoms with Crippen LogP contribution in [0.15, 0.2) is 33.2 Å². The normalized spacial score (nSPS) is 15.8. The SMILES string of the molecule is Clc1cc(Br)cc2c1N1Cc3cc(Br)cc(Cl)c3N(C2)C1. The van der Waals surface area contributed by atoms with Gasteiger partial charge in [-0.3, -0.25) is 0 Å². The van der Waals surface area contributed by atoms with Gasteiger partial charge in [0.15, 0.2) is 0 Å². The number of rotatable bonds is 0. The second-order valence-electron chi connectivity index (χ2n) is 5.33. The first kappa shape index (κ1) is 14.2. The van der Waals surface area contributed by atoms with Crippen LogP contribution >= 0.6 is 55.1 Å². The molecular formula is C15H10Br2Cl2N2. The Morgan fingerprint density at radius 2 is 1.19 bits per heavy atom. The summed E-state index contributed by atoms with van der Waals surface area (Å²) in [6.07, 6.45) is 0. The van der Waals surface area contributed by atoms with E-state index < -0.39 is 0 Å². The Hall–Kier alpha value is -0.420. The summed E-state index contributed by atoms with van der Waals surface area (Å²) in [6, 6.07) is 8.19. The number of halogens is 4. The summed E-state index contributed by atoms with van der Waals surface area (Å²) in [7, 11) is 0. The molecule has 0 aliphatic carbocycles. The van der Waals surface area contributed by atoms with E-state index in [1.165, 1.54) is 11.1 Å². The van der Waals surface area contributed by atoms with Gasteiger partial charge in [-0.15, -0.1) is 0 Å². The maximum atomic E-state index is 6.46. The molecule has 6 heteroatoms. The van der Waals surface area contributed by atoms with Gasteiger partial charge in [-0.05, 0) is 35.4 Å². The molecule has 2 aromatic rings. The smallest absolute Gasteiger partial charge is 0.0911 e. The van der Waals surface area contributed by atoms with E-state index in [0.29, 0.717) is 0 Å². The van der Waals surface area contributed by atoms with Crippen LogP contribution in [0.2, 0.25) is 10.0 Å². The monoisotopic (exact) mass is 446 g/mol. The van der Waals surface area contributed by atoms with Crippen molar-refractivity contribution in [2.45, 2.75) is 13.1 Å². The molecule has 2 aliphatic heterocycles. The summed E-state index contributed by atoms with van der Waals surface area (Å²) >= 11 is 20.0. The second-order valence-corrected chi connectivity index (χ2v) is 7.97. The molecule has 2 aromatic carbocycles. The van der Waals surface area contributed by atoms with Crippen molar-refractivity contribution in [2.24, 2.45) is 0 Å². The summed E-state index contributed by atoms with van der Waals surface area (Å²) in [6.45, 7) is 2.46. The highest BCUT2D eigenvalue weighted by Gasteiger charge is 2.32. The van der Waals surface area contributed by atoms with Gasteiger partial charge in [-0.2, -0.15) is 0 Å². The van der Waals surface area contributed by atoms with Gasteiger partial charge in [0.2, 0.25) is 0 Å². The van der Waals surface area contributed by atoms with Crippen molar-refractivity contribution in [3.05, 3.63) is 54.4 Å². The van der Waals surface area contributed by atoms with E-state index in [-0.39, 0.29) is 0 Å². The van der Waals surface area contributed by atoms with Crippen LogP contribution in [0.25, 0.3) is 0 Å². The predicted molar refractivity (Wildman–Crippen MR) is 95.5 cm³/mol. The molecule has 0 saturated heterocycles. The maximum Gasteiger partial charge on any atom is 0.0911 e. The Labute approximate surface area is 149 Å². The molecular weight excluding hydrogens is 439 g/mol. The Bertz CT molecular complexity index is 700. The van der Waals surface area contributed by atoms with Gasteiger partial charge in [0.1, 0.15) is 0 Å². The molecule has 0 radical (unpaired) electrons. The molecule has 0 aromatic heterocycles. The van der Waals surface area contributed by atoms with Crippen molar-refractivity contribution in [2.75, 3.05) is 16.5 Å². The molecule has 2 nitrogen and oxygen atoms in total. The largest absolute Gasteiger partial charge is 0.348 e. The van der Waals surface area contributed by atoms with Crippen LogP contribution in [0.3, 0.4) is 0 Å². The van der Waals surface area contributed by atoms with E-state index in [9.17, 15) is 0 Å². The van der Waals surface area contributed by atoms with Gasteiger partial charge >= 0.3 is 0 Å². The quantitative estimate of drug-likeness (QED) is 0.501. The second kappa shape index (κ2) is 5.05. The van der Waals surface area contributed by atoms with Crippen LogP contribution in [0.5, 0.6) is 0 Å². The molecule has 0 amide bonds. The molecule has 0 unspecified atom stereocenters. The van der Waals surface area contributed by atoms with E-state index >= 15 is 0 Å². The molecule has 2 bridgehead atoms. The summed E-state index contributed by atoms with van der Waals surface area (Å²) < 4.78 is 2.02. The zero-order valence-electron chi connectivity index (χ0n) is 10.8. The zero-order valence-corrected chi connectivity index (χ0v) is 15.5. The van der Waals surface area contributed by atoms with Gasteiger partial charge in [0.25, 0.3) is 0 Å². The minimum absolute atomic E-state index is 0.795. The molecule has 4 rings (SSSR count). The summed E-state index contributed by atoms with van der Waals surface area (Å²) in [5, 5.41) is 1.59. The third kappa shape index (κ3) is 2.27. The van der Waals surface area contributed by atoms with Crippen LogP contribution in [-0.4, -0.2) is 6.67 Å². The summed E-state index contributed by atoms with van der Waals surface area (Å²) in [5.41, 5.74) is 4.73. The molecule has 2 aliphatic rings. The lowest BCUT2D eigenvalue weighted by molar-refractivity contribution is 0.650. The minimum atomic E-state index is 0.795. The van der Waals surface area contributed by atoms with Crippen molar-refractivity contribution in [3.8, 4) is 0 Å². The van der Waals surface area contributed by atoms with Gasteiger partial charge in [0.05, 0.1) is 28.1 Å². The highest BCUT2D eigenvalue weighted by Crippen LogP contribution is 2.45. The van der Waals surface area contributed by atoms with Crippen molar-refractivity contribution in [1.29, 1.82) is 0 Å². The van der Waals surface area contributed by atoms with Crippen LogP contribution in [-0.2, 0) is 13.1 Å². The first-order valence-electron chi connectivity index (χ1n) is 6.48. The minimum Gasteiger partial charge on any atom is -0.348 e. The Morgan fingerprint density at radius 3 is 1.62 bits per heavy atom. The molecule has 0 saturated carbocycles. The highest BCUT2D eigenvalue weighted by molar-refractivity contribution is 9.10. The van der Waals surface area contributed by atoms with Gasteiger partial charge in [0, 0.05) is 22.0 Å². The molecule has 108 valence electrons. The van der Waals surface area contributed by atoms with Crippen molar-refractivity contribution in [1.82, 2.24) is 0 Å². The van der Waals surface area contributed by atoms with Crippen LogP contribution in [0.4, 0.5) is 11.4 Å².